The van der Waals surface area contributed by atoms with Crippen LogP contribution in [0.4, 0.5) is 11.4 Å². The Morgan fingerprint density at radius 1 is 0.964 bits per heavy atom. The molecule has 0 saturated carbocycles. The molecule has 1 atom stereocenters. The zero-order valence-corrected chi connectivity index (χ0v) is 33.9. The van der Waals surface area contributed by atoms with Gasteiger partial charge in [0.2, 0.25) is 5.91 Å². The van der Waals surface area contributed by atoms with Crippen molar-refractivity contribution >= 4 is 45.0 Å². The third kappa shape index (κ3) is 11.8. The number of anilines is 1. The van der Waals surface area contributed by atoms with E-state index >= 15 is 0 Å². The number of likely N-dealkylation sites (N-methyl/N-ethyl adjacent to an activating group) is 1. The minimum Gasteiger partial charge on any atom is -0.496 e. The van der Waals surface area contributed by atoms with Gasteiger partial charge in [-0.2, -0.15) is 0 Å². The highest BCUT2D eigenvalue weighted by molar-refractivity contribution is 7.99. The Kier molecular flexibility index (Phi) is 14.9. The smallest absolute Gasteiger partial charge is 0.293 e. The number of benzene rings is 4. The topological polar surface area (TPSA) is 154 Å². The first-order valence-corrected chi connectivity index (χ1v) is 21.0. The van der Waals surface area contributed by atoms with Crippen molar-refractivity contribution in [3.63, 3.8) is 0 Å². The highest BCUT2D eigenvalue weighted by Crippen LogP contribution is 2.33. The van der Waals surface area contributed by atoms with Gasteiger partial charge in [0, 0.05) is 80.6 Å². The van der Waals surface area contributed by atoms with Crippen molar-refractivity contribution in [1.82, 2.24) is 19.4 Å². The first-order chi connectivity index (χ1) is 26.8. The third-order valence-corrected chi connectivity index (χ3v) is 12.2. The van der Waals surface area contributed by atoms with Crippen molar-refractivity contribution in [2.45, 2.75) is 41.5 Å². The fraction of sp³-hybridized carbons (Fsp3) is 0.366. The fourth-order valence-electron chi connectivity index (χ4n) is 6.36. The number of nitro groups is 1. The highest BCUT2D eigenvalue weighted by Gasteiger charge is 2.25. The van der Waals surface area contributed by atoms with Crippen LogP contribution in [0.2, 0.25) is 0 Å². The van der Waals surface area contributed by atoms with E-state index in [9.17, 15) is 28.1 Å². The number of nitrogens with one attached hydrogen (secondary N) is 2. The summed E-state index contributed by atoms with van der Waals surface area (Å²) in [5.41, 5.74) is 2.31. The maximum atomic E-state index is 13.4. The standard InChI is InChI=1S/C41H50N6O7S2/c1-44(2)40(48)21-13-30-12-19-36(39(27-30)54-4)31-14-16-32(17-15-31)41(49)43-56(52,53)35-18-20-37(38(28-35)47(50)51)42-33(29-55-34-10-6-5-7-11-34)9-8-22-46-25-23-45(3)24-26-46/h5-7,10-12,14-20,27-28,33,42H,8-9,13,21-26,29H2,1-4H3,(H,43,49)/t33-/m1/s1. The highest BCUT2D eigenvalue weighted by atomic mass is 32.2. The number of piperazine rings is 1. The molecule has 15 heteroatoms. The van der Waals surface area contributed by atoms with Crippen LogP contribution in [0, 0.1) is 10.1 Å². The predicted molar refractivity (Wildman–Crippen MR) is 221 cm³/mol. The van der Waals surface area contributed by atoms with Gasteiger partial charge in [0.05, 0.1) is 16.9 Å². The molecule has 2 amide bonds. The minimum absolute atomic E-state index is 0.0247. The molecule has 1 aliphatic rings. The Hall–Kier alpha value is -4.96. The normalized spacial score (nSPS) is 14.1. The number of amides is 2. The second-order valence-electron chi connectivity index (χ2n) is 14.0. The third-order valence-electron chi connectivity index (χ3n) is 9.73. The predicted octanol–water partition coefficient (Wildman–Crippen LogP) is 6.01. The molecule has 56 heavy (non-hydrogen) atoms. The first kappa shape index (κ1) is 42.2. The van der Waals surface area contributed by atoms with E-state index in [-0.39, 0.29) is 23.2 Å². The lowest BCUT2D eigenvalue weighted by Gasteiger charge is -2.32. The zero-order chi connectivity index (χ0) is 40.2. The van der Waals surface area contributed by atoms with Gasteiger partial charge in [-0.3, -0.25) is 19.7 Å². The van der Waals surface area contributed by atoms with E-state index in [1.807, 2.05) is 48.5 Å². The minimum atomic E-state index is -4.47. The number of hydrogen-bond donors (Lipinski definition) is 2. The van der Waals surface area contributed by atoms with Gasteiger partial charge in [0.1, 0.15) is 11.4 Å². The molecule has 0 radical (unpaired) electrons. The SMILES string of the molecule is COc1cc(CCC(=O)N(C)C)ccc1-c1ccc(C(=O)NS(=O)(=O)c2ccc(N[C@H](CCCN3CCN(C)CC3)CSc3ccccc3)c([N+](=O)[O-])c2)cc1. The first-order valence-electron chi connectivity index (χ1n) is 18.5. The number of nitro benzene ring substituents is 1. The van der Waals surface area contributed by atoms with E-state index in [1.165, 1.54) is 24.3 Å². The molecule has 1 fully saturated rings. The summed E-state index contributed by atoms with van der Waals surface area (Å²) in [6.07, 6.45) is 2.57. The van der Waals surface area contributed by atoms with Gasteiger partial charge < -0.3 is 24.8 Å². The Bertz CT molecular complexity index is 2070. The van der Waals surface area contributed by atoms with Crippen LogP contribution in [0.5, 0.6) is 5.75 Å². The van der Waals surface area contributed by atoms with Crippen LogP contribution in [0.15, 0.2) is 101 Å². The van der Waals surface area contributed by atoms with E-state index in [0.29, 0.717) is 24.3 Å². The van der Waals surface area contributed by atoms with E-state index in [1.54, 1.807) is 50.0 Å². The number of aryl methyl sites for hydroxylation is 1. The number of ether oxygens (including phenoxy) is 1. The van der Waals surface area contributed by atoms with Crippen LogP contribution >= 0.6 is 11.8 Å². The number of nitrogens with zero attached hydrogens (tertiary/aromatic N) is 4. The molecule has 0 unspecified atom stereocenters. The van der Waals surface area contributed by atoms with E-state index in [0.717, 1.165) is 73.2 Å². The molecule has 5 rings (SSSR count). The second-order valence-corrected chi connectivity index (χ2v) is 16.8. The maximum absolute atomic E-state index is 13.4. The van der Waals surface area contributed by atoms with Crippen molar-refractivity contribution in [2.75, 3.05) is 72.0 Å². The Labute approximate surface area is 333 Å². The van der Waals surface area contributed by atoms with Gasteiger partial charge in [0.15, 0.2) is 0 Å². The van der Waals surface area contributed by atoms with Crippen LogP contribution in [0.1, 0.15) is 35.2 Å². The molecule has 0 aliphatic carbocycles. The van der Waals surface area contributed by atoms with Crippen molar-refractivity contribution in [1.29, 1.82) is 0 Å². The Morgan fingerprint density at radius 3 is 2.34 bits per heavy atom. The molecule has 1 heterocycles. The number of carbonyl (C=O) groups is 2. The van der Waals surface area contributed by atoms with Crippen molar-refractivity contribution in [3.05, 3.63) is 112 Å². The van der Waals surface area contributed by atoms with Gasteiger partial charge in [-0.1, -0.05) is 42.5 Å². The lowest BCUT2D eigenvalue weighted by atomic mass is 9.99. The van der Waals surface area contributed by atoms with Crippen molar-refractivity contribution in [3.8, 4) is 16.9 Å². The van der Waals surface area contributed by atoms with E-state index < -0.39 is 31.4 Å². The molecule has 4 aromatic carbocycles. The number of hydrogen-bond acceptors (Lipinski definition) is 11. The van der Waals surface area contributed by atoms with E-state index in [4.69, 9.17) is 4.74 Å². The van der Waals surface area contributed by atoms with Crippen LogP contribution in [0.25, 0.3) is 11.1 Å². The molecular weight excluding hydrogens is 753 g/mol. The summed E-state index contributed by atoms with van der Waals surface area (Å²) < 4.78 is 34.5. The average molecular weight is 803 g/mol. The van der Waals surface area contributed by atoms with Gasteiger partial charge in [-0.15, -0.1) is 11.8 Å². The summed E-state index contributed by atoms with van der Waals surface area (Å²) in [5.74, 6) is 0.381. The molecule has 13 nitrogen and oxygen atoms in total. The zero-order valence-electron chi connectivity index (χ0n) is 32.3. The summed E-state index contributed by atoms with van der Waals surface area (Å²) in [6.45, 7) is 4.97. The summed E-state index contributed by atoms with van der Waals surface area (Å²) >= 11 is 1.65. The number of methoxy groups -OCH3 is 1. The summed E-state index contributed by atoms with van der Waals surface area (Å²) in [5, 5.41) is 15.6. The summed E-state index contributed by atoms with van der Waals surface area (Å²) in [6, 6.07) is 25.4. The summed E-state index contributed by atoms with van der Waals surface area (Å²) in [7, 11) is 2.63. The largest absolute Gasteiger partial charge is 0.496 e. The molecule has 1 saturated heterocycles. The number of carbonyl (C=O) groups excluding carboxylic acids is 2. The van der Waals surface area contributed by atoms with Crippen molar-refractivity contribution in [2.24, 2.45) is 0 Å². The number of sulfonamides is 1. The van der Waals surface area contributed by atoms with E-state index in [2.05, 4.69) is 26.9 Å². The molecule has 0 bridgehead atoms. The summed E-state index contributed by atoms with van der Waals surface area (Å²) in [4.78, 5) is 43.9. The number of rotatable bonds is 18. The maximum Gasteiger partial charge on any atom is 0.293 e. The fourth-order valence-corrected chi connectivity index (χ4v) is 8.35. The average Bonchev–Trinajstić information content (AvgIpc) is 3.19. The lowest BCUT2D eigenvalue weighted by Crippen LogP contribution is -2.44. The van der Waals surface area contributed by atoms with Gasteiger partial charge in [-0.25, -0.2) is 13.1 Å². The monoisotopic (exact) mass is 802 g/mol. The van der Waals surface area contributed by atoms with Crippen LogP contribution in [-0.2, 0) is 21.2 Å². The molecule has 0 spiro atoms. The molecule has 298 valence electrons. The molecule has 2 N–H and O–H groups in total. The molecule has 1 aliphatic heterocycles. The van der Waals surface area contributed by atoms with Crippen LogP contribution < -0.4 is 14.8 Å². The van der Waals surface area contributed by atoms with Gasteiger partial charge in [0.25, 0.3) is 21.6 Å². The quantitative estimate of drug-likeness (QED) is 0.0691. The molecule has 0 aromatic heterocycles. The molecule has 4 aromatic rings. The number of thioether (sulfide) groups is 1. The second kappa shape index (κ2) is 19.8. The van der Waals surface area contributed by atoms with Gasteiger partial charge >= 0.3 is 0 Å². The lowest BCUT2D eigenvalue weighted by molar-refractivity contribution is -0.384. The van der Waals surface area contributed by atoms with Crippen molar-refractivity contribution < 1.29 is 27.7 Å². The Balaban J connectivity index is 1.26. The van der Waals surface area contributed by atoms with Crippen LogP contribution in [-0.4, -0.2) is 113 Å². The van der Waals surface area contributed by atoms with Gasteiger partial charge in [-0.05, 0) is 86.4 Å². The molecular formula is C41H50N6O7S2. The Morgan fingerprint density at radius 2 is 1.68 bits per heavy atom. The van der Waals surface area contributed by atoms with Crippen LogP contribution in [0.3, 0.4) is 0 Å².